The van der Waals surface area contributed by atoms with Gasteiger partial charge < -0.3 is 16.2 Å². The average Bonchev–Trinajstić information content (AvgIpc) is 2.29. The van der Waals surface area contributed by atoms with Crippen LogP contribution in [0.5, 0.6) is 0 Å². The Bertz CT molecular complexity index is 477. The lowest BCUT2D eigenvalue weighted by Crippen LogP contribution is -2.38. The number of carboxylic acid groups (broad SMARTS) is 1. The van der Waals surface area contributed by atoms with Gasteiger partial charge in [0.25, 0.3) is 0 Å². The zero-order chi connectivity index (χ0) is 15.3. The number of nitrogens with zero attached hydrogens (tertiary/aromatic N) is 1. The Morgan fingerprint density at radius 2 is 2.05 bits per heavy atom. The van der Waals surface area contributed by atoms with Crippen molar-refractivity contribution in [2.24, 2.45) is 11.1 Å². The lowest BCUT2D eigenvalue weighted by atomic mass is 9.85. The monoisotopic (exact) mass is 279 g/mol. The van der Waals surface area contributed by atoms with Gasteiger partial charge in [-0.15, -0.1) is 0 Å². The summed E-state index contributed by atoms with van der Waals surface area (Å²) < 4.78 is 0. The Hall–Kier alpha value is -1.95. The van der Waals surface area contributed by atoms with Crippen LogP contribution in [0.2, 0.25) is 0 Å². The van der Waals surface area contributed by atoms with Gasteiger partial charge in [-0.3, -0.25) is 14.6 Å². The Morgan fingerprint density at radius 1 is 1.40 bits per heavy atom. The van der Waals surface area contributed by atoms with Crippen LogP contribution in [0, 0.1) is 5.41 Å². The predicted molar refractivity (Wildman–Crippen MR) is 76.3 cm³/mol. The van der Waals surface area contributed by atoms with Crippen LogP contribution in [-0.4, -0.2) is 28.0 Å². The van der Waals surface area contributed by atoms with Gasteiger partial charge in [-0.1, -0.05) is 20.8 Å². The van der Waals surface area contributed by atoms with Gasteiger partial charge in [0.2, 0.25) is 5.91 Å². The van der Waals surface area contributed by atoms with E-state index in [9.17, 15) is 9.59 Å². The van der Waals surface area contributed by atoms with Crippen molar-refractivity contribution in [3.8, 4) is 0 Å². The number of hydrogen-bond donors (Lipinski definition) is 3. The van der Waals surface area contributed by atoms with E-state index < -0.39 is 5.97 Å². The molecule has 1 unspecified atom stereocenters. The summed E-state index contributed by atoms with van der Waals surface area (Å²) in [5.41, 5.74) is 6.78. The second-order valence-corrected chi connectivity index (χ2v) is 5.83. The molecule has 0 radical (unpaired) electrons. The van der Waals surface area contributed by atoms with E-state index in [2.05, 4.69) is 10.3 Å². The molecule has 0 saturated heterocycles. The lowest BCUT2D eigenvalue weighted by Gasteiger charge is -2.26. The molecule has 0 spiro atoms. The van der Waals surface area contributed by atoms with Crippen LogP contribution in [0.15, 0.2) is 18.3 Å². The zero-order valence-electron chi connectivity index (χ0n) is 12.0. The molecule has 6 heteroatoms. The largest absolute Gasteiger partial charge is 0.481 e. The van der Waals surface area contributed by atoms with Gasteiger partial charge in [0, 0.05) is 12.5 Å². The molecule has 110 valence electrons. The maximum absolute atomic E-state index is 11.8. The van der Waals surface area contributed by atoms with E-state index in [-0.39, 0.29) is 30.2 Å². The van der Waals surface area contributed by atoms with E-state index in [0.29, 0.717) is 11.4 Å². The van der Waals surface area contributed by atoms with Crippen LogP contribution in [0.3, 0.4) is 0 Å². The zero-order valence-corrected chi connectivity index (χ0v) is 12.0. The predicted octanol–water partition coefficient (Wildman–Crippen LogP) is 1.41. The lowest BCUT2D eigenvalue weighted by molar-refractivity contribution is -0.136. The van der Waals surface area contributed by atoms with Crippen molar-refractivity contribution >= 4 is 17.6 Å². The van der Waals surface area contributed by atoms with Gasteiger partial charge in [-0.25, -0.2) is 0 Å². The highest BCUT2D eigenvalue weighted by atomic mass is 16.4. The molecule has 0 aliphatic carbocycles. The summed E-state index contributed by atoms with van der Waals surface area (Å²) in [6.45, 7) is 5.94. The van der Waals surface area contributed by atoms with Gasteiger partial charge in [0.05, 0.1) is 24.0 Å². The van der Waals surface area contributed by atoms with Crippen molar-refractivity contribution < 1.29 is 14.7 Å². The number of carbonyl (C=O) groups excluding carboxylic acids is 1. The first kappa shape index (κ1) is 16.1. The third kappa shape index (κ3) is 5.36. The highest BCUT2D eigenvalue weighted by Crippen LogP contribution is 2.20. The van der Waals surface area contributed by atoms with E-state index in [0.717, 1.165) is 0 Å². The quantitative estimate of drug-likeness (QED) is 0.755. The summed E-state index contributed by atoms with van der Waals surface area (Å²) >= 11 is 0. The molecule has 6 nitrogen and oxygen atoms in total. The Kier molecular flexibility index (Phi) is 5.21. The van der Waals surface area contributed by atoms with Gasteiger partial charge in [-0.2, -0.15) is 0 Å². The molecule has 0 fully saturated rings. The van der Waals surface area contributed by atoms with Crippen LogP contribution in [0.4, 0.5) is 5.69 Å². The number of hydrogen-bond acceptors (Lipinski definition) is 4. The van der Waals surface area contributed by atoms with Crippen LogP contribution >= 0.6 is 0 Å². The smallest absolute Gasteiger partial charge is 0.309 e. The van der Waals surface area contributed by atoms with Crippen molar-refractivity contribution in [3.63, 3.8) is 0 Å². The maximum atomic E-state index is 11.8. The fourth-order valence-corrected chi connectivity index (χ4v) is 1.48. The number of anilines is 1. The molecule has 20 heavy (non-hydrogen) atoms. The first-order chi connectivity index (χ1) is 9.18. The minimum Gasteiger partial charge on any atom is -0.481 e. The van der Waals surface area contributed by atoms with Crippen LogP contribution < -0.4 is 11.1 Å². The number of amides is 1. The average molecular weight is 279 g/mol. The van der Waals surface area contributed by atoms with Crippen molar-refractivity contribution in [3.05, 3.63) is 24.0 Å². The van der Waals surface area contributed by atoms with Crippen LogP contribution in [0.1, 0.15) is 32.9 Å². The van der Waals surface area contributed by atoms with E-state index in [1.54, 1.807) is 12.1 Å². The van der Waals surface area contributed by atoms with Crippen molar-refractivity contribution in [2.75, 3.05) is 5.32 Å². The van der Waals surface area contributed by atoms with E-state index in [1.165, 1.54) is 6.20 Å². The standard InChI is InChI=1S/C14H21N3O3/c1-14(2,3)11(15)7-12(18)17-10-5-4-9(16-8-10)6-13(19)20/h4-5,8,11H,6-7,15H2,1-3H3,(H,17,18)(H,19,20). The van der Waals surface area contributed by atoms with E-state index in [4.69, 9.17) is 10.8 Å². The minimum atomic E-state index is -0.939. The van der Waals surface area contributed by atoms with Gasteiger partial charge in [0.15, 0.2) is 0 Å². The maximum Gasteiger partial charge on any atom is 0.309 e. The summed E-state index contributed by atoms with van der Waals surface area (Å²) in [4.78, 5) is 26.3. The Morgan fingerprint density at radius 3 is 2.50 bits per heavy atom. The minimum absolute atomic E-state index is 0.136. The molecule has 1 atom stereocenters. The number of rotatable bonds is 5. The highest BCUT2D eigenvalue weighted by molar-refractivity contribution is 5.91. The molecule has 0 saturated carbocycles. The summed E-state index contributed by atoms with van der Waals surface area (Å²) in [5.74, 6) is -1.12. The van der Waals surface area contributed by atoms with Crippen molar-refractivity contribution in [1.82, 2.24) is 4.98 Å². The van der Waals surface area contributed by atoms with Crippen molar-refractivity contribution in [2.45, 2.75) is 39.7 Å². The number of aromatic nitrogens is 1. The molecule has 1 aromatic heterocycles. The number of nitrogens with two attached hydrogens (primary N) is 1. The molecular formula is C14H21N3O3. The third-order valence-electron chi connectivity index (χ3n) is 2.96. The molecular weight excluding hydrogens is 258 g/mol. The molecule has 1 heterocycles. The number of aliphatic carboxylic acids is 1. The summed E-state index contributed by atoms with van der Waals surface area (Å²) in [6, 6.07) is 2.97. The van der Waals surface area contributed by atoms with E-state index in [1.807, 2.05) is 20.8 Å². The number of pyridine rings is 1. The summed E-state index contributed by atoms with van der Waals surface area (Å²) in [5, 5.41) is 11.3. The molecule has 1 rings (SSSR count). The van der Waals surface area contributed by atoms with E-state index >= 15 is 0 Å². The van der Waals surface area contributed by atoms with Crippen molar-refractivity contribution in [1.29, 1.82) is 0 Å². The summed E-state index contributed by atoms with van der Waals surface area (Å²) in [7, 11) is 0. The van der Waals surface area contributed by atoms with Gasteiger partial charge in [-0.05, 0) is 17.5 Å². The Labute approximate surface area is 118 Å². The second-order valence-electron chi connectivity index (χ2n) is 5.83. The molecule has 4 N–H and O–H groups in total. The fraction of sp³-hybridized carbons (Fsp3) is 0.500. The molecule has 0 bridgehead atoms. The molecule has 0 aliphatic rings. The molecule has 1 aromatic rings. The topological polar surface area (TPSA) is 105 Å². The van der Waals surface area contributed by atoms with Crippen LogP contribution in [0.25, 0.3) is 0 Å². The first-order valence-electron chi connectivity index (χ1n) is 6.40. The SMILES string of the molecule is CC(C)(C)C(N)CC(=O)Nc1ccc(CC(=O)O)nc1. The third-order valence-corrected chi connectivity index (χ3v) is 2.96. The number of nitrogens with one attached hydrogen (secondary N) is 1. The highest BCUT2D eigenvalue weighted by Gasteiger charge is 2.23. The normalized spacial score (nSPS) is 12.8. The number of carbonyl (C=O) groups is 2. The number of carboxylic acids is 1. The van der Waals surface area contributed by atoms with Crippen LogP contribution in [-0.2, 0) is 16.0 Å². The Balaban J connectivity index is 2.56. The second kappa shape index (κ2) is 6.47. The molecule has 0 aromatic carbocycles. The van der Waals surface area contributed by atoms with Gasteiger partial charge >= 0.3 is 5.97 Å². The summed E-state index contributed by atoms with van der Waals surface area (Å²) in [6.07, 6.45) is 1.53. The first-order valence-corrected chi connectivity index (χ1v) is 6.40. The molecule has 1 amide bonds. The molecule has 0 aliphatic heterocycles. The fourth-order valence-electron chi connectivity index (χ4n) is 1.48. The van der Waals surface area contributed by atoms with Gasteiger partial charge in [0.1, 0.15) is 0 Å².